The molecule has 110 valence electrons. The summed E-state index contributed by atoms with van der Waals surface area (Å²) in [5.74, 6) is -2.74. The van der Waals surface area contributed by atoms with Gasteiger partial charge in [0.05, 0.1) is 30.9 Å². The summed E-state index contributed by atoms with van der Waals surface area (Å²) in [5.41, 5.74) is 4.23. The third-order valence-corrected chi connectivity index (χ3v) is 2.32. The number of esters is 1. The Morgan fingerprint density at radius 3 is 2.57 bits per heavy atom. The number of hydrogen-bond acceptors (Lipinski definition) is 6. The highest BCUT2D eigenvalue weighted by molar-refractivity contribution is 6.32. The van der Waals surface area contributed by atoms with E-state index in [0.717, 1.165) is 0 Å². The molecule has 2 N–H and O–H groups in total. The van der Waals surface area contributed by atoms with E-state index in [0.29, 0.717) is 0 Å². The first kappa shape index (κ1) is 16.0. The van der Waals surface area contributed by atoms with Crippen molar-refractivity contribution >= 4 is 17.8 Å². The molecule has 0 bridgehead atoms. The van der Waals surface area contributed by atoms with E-state index < -0.39 is 17.8 Å². The van der Waals surface area contributed by atoms with Crippen molar-refractivity contribution in [2.24, 2.45) is 0 Å². The van der Waals surface area contributed by atoms with Crippen molar-refractivity contribution in [3.63, 3.8) is 0 Å². The number of nitrogens with zero attached hydrogens (tertiary/aromatic N) is 1. The van der Waals surface area contributed by atoms with Gasteiger partial charge in [-0.2, -0.15) is 5.26 Å². The molecule has 21 heavy (non-hydrogen) atoms. The van der Waals surface area contributed by atoms with E-state index >= 15 is 0 Å². The SMILES string of the molecule is CCOC(=O)C(=O)NNC(=O)c1cc(C#N)ccc1OC. The molecule has 0 saturated heterocycles. The maximum absolute atomic E-state index is 11.9. The number of nitrogens with one attached hydrogen (secondary N) is 2. The van der Waals surface area contributed by atoms with Gasteiger partial charge in [-0.25, -0.2) is 4.79 Å². The molecule has 1 rings (SSSR count). The van der Waals surface area contributed by atoms with Gasteiger partial charge < -0.3 is 9.47 Å². The smallest absolute Gasteiger partial charge is 0.398 e. The Morgan fingerprint density at radius 1 is 1.29 bits per heavy atom. The second kappa shape index (κ2) is 7.49. The normalized spacial score (nSPS) is 9.19. The number of hydrogen-bond donors (Lipinski definition) is 2. The van der Waals surface area contributed by atoms with Gasteiger partial charge in [0.15, 0.2) is 0 Å². The van der Waals surface area contributed by atoms with Crippen molar-refractivity contribution < 1.29 is 23.9 Å². The van der Waals surface area contributed by atoms with Gasteiger partial charge in [-0.3, -0.25) is 20.4 Å². The minimum atomic E-state index is -1.12. The van der Waals surface area contributed by atoms with Crippen molar-refractivity contribution in [3.05, 3.63) is 29.3 Å². The molecule has 0 atom stereocenters. The summed E-state index contributed by atoms with van der Waals surface area (Å²) >= 11 is 0. The van der Waals surface area contributed by atoms with Crippen molar-refractivity contribution in [1.82, 2.24) is 10.9 Å². The second-order valence-corrected chi connectivity index (χ2v) is 3.66. The fraction of sp³-hybridized carbons (Fsp3) is 0.231. The van der Waals surface area contributed by atoms with E-state index in [-0.39, 0.29) is 23.5 Å². The first-order valence-corrected chi connectivity index (χ1v) is 5.89. The molecule has 8 heteroatoms. The zero-order valence-electron chi connectivity index (χ0n) is 11.4. The minimum absolute atomic E-state index is 0.0399. The molecule has 0 aliphatic carbocycles. The lowest BCUT2D eigenvalue weighted by atomic mass is 10.1. The molecule has 0 saturated carbocycles. The highest BCUT2D eigenvalue weighted by atomic mass is 16.5. The zero-order valence-corrected chi connectivity index (χ0v) is 11.4. The lowest BCUT2D eigenvalue weighted by Gasteiger charge is -2.10. The van der Waals surface area contributed by atoms with E-state index in [2.05, 4.69) is 4.74 Å². The first-order chi connectivity index (χ1) is 10.0. The average molecular weight is 291 g/mol. The largest absolute Gasteiger partial charge is 0.496 e. The van der Waals surface area contributed by atoms with E-state index in [1.165, 1.54) is 25.3 Å². The number of benzene rings is 1. The molecule has 8 nitrogen and oxygen atoms in total. The average Bonchev–Trinajstić information content (AvgIpc) is 2.51. The molecule has 0 aliphatic rings. The molecular formula is C13H13N3O5. The Balaban J connectivity index is 2.78. The molecule has 0 heterocycles. The zero-order chi connectivity index (χ0) is 15.8. The highest BCUT2D eigenvalue weighted by Gasteiger charge is 2.18. The van der Waals surface area contributed by atoms with Crippen molar-refractivity contribution in [2.75, 3.05) is 13.7 Å². The summed E-state index contributed by atoms with van der Waals surface area (Å²) in [6, 6.07) is 6.10. The number of carbonyl (C=O) groups is 3. The summed E-state index contributed by atoms with van der Waals surface area (Å²) in [6.07, 6.45) is 0. The number of ether oxygens (including phenoxy) is 2. The molecule has 2 amide bonds. The Labute approximate surface area is 120 Å². The summed E-state index contributed by atoms with van der Waals surface area (Å²) in [5, 5.41) is 8.80. The molecule has 0 aliphatic heterocycles. The lowest BCUT2D eigenvalue weighted by molar-refractivity contribution is -0.154. The molecule has 1 aromatic carbocycles. The van der Waals surface area contributed by atoms with Crippen LogP contribution in [0.25, 0.3) is 0 Å². The third kappa shape index (κ3) is 4.21. The van der Waals surface area contributed by atoms with Crippen LogP contribution >= 0.6 is 0 Å². The predicted octanol–water partition coefficient (Wildman–Crippen LogP) is -0.109. The number of hydrazine groups is 1. The van der Waals surface area contributed by atoms with Crippen LogP contribution in [0.5, 0.6) is 5.75 Å². The van der Waals surface area contributed by atoms with Gasteiger partial charge in [0.2, 0.25) is 0 Å². The van der Waals surface area contributed by atoms with Crippen LogP contribution in [0.1, 0.15) is 22.8 Å². The van der Waals surface area contributed by atoms with Gasteiger partial charge >= 0.3 is 11.9 Å². The fourth-order valence-corrected chi connectivity index (χ4v) is 1.38. The quantitative estimate of drug-likeness (QED) is 0.456. The number of carbonyl (C=O) groups excluding carboxylic acids is 3. The molecule has 0 aromatic heterocycles. The van der Waals surface area contributed by atoms with Crippen molar-refractivity contribution in [1.29, 1.82) is 5.26 Å². The Hall–Kier alpha value is -3.08. The Kier molecular flexibility index (Phi) is 5.70. The summed E-state index contributed by atoms with van der Waals surface area (Å²) in [4.78, 5) is 34.2. The van der Waals surface area contributed by atoms with Crippen LogP contribution in [-0.2, 0) is 14.3 Å². The Bertz CT molecular complexity index is 606. The van der Waals surface area contributed by atoms with Gasteiger partial charge in [-0.05, 0) is 25.1 Å². The van der Waals surface area contributed by atoms with Crippen LogP contribution in [0, 0.1) is 11.3 Å². The number of amides is 2. The van der Waals surface area contributed by atoms with Gasteiger partial charge in [0, 0.05) is 0 Å². The van der Waals surface area contributed by atoms with Crippen molar-refractivity contribution in [2.45, 2.75) is 6.92 Å². The summed E-state index contributed by atoms with van der Waals surface area (Å²) < 4.78 is 9.44. The number of rotatable bonds is 3. The number of methoxy groups -OCH3 is 1. The molecular weight excluding hydrogens is 278 g/mol. The van der Waals surface area contributed by atoms with Crippen LogP contribution in [0.3, 0.4) is 0 Å². The van der Waals surface area contributed by atoms with Gasteiger partial charge in [-0.15, -0.1) is 0 Å². The molecule has 0 unspecified atom stereocenters. The van der Waals surface area contributed by atoms with Gasteiger partial charge in [0.25, 0.3) is 5.91 Å². The molecule has 0 fully saturated rings. The third-order valence-electron chi connectivity index (χ3n) is 2.32. The standard InChI is InChI=1S/C13H13N3O5/c1-3-21-13(19)12(18)16-15-11(17)9-6-8(7-14)4-5-10(9)20-2/h4-6H,3H2,1-2H3,(H,15,17)(H,16,18). The molecule has 1 aromatic rings. The molecule has 0 spiro atoms. The van der Waals surface area contributed by atoms with E-state index in [4.69, 9.17) is 10.00 Å². The van der Waals surface area contributed by atoms with Gasteiger partial charge in [0.1, 0.15) is 5.75 Å². The lowest BCUT2D eigenvalue weighted by Crippen LogP contribution is -2.45. The van der Waals surface area contributed by atoms with Crippen LogP contribution in [0.4, 0.5) is 0 Å². The van der Waals surface area contributed by atoms with E-state index in [9.17, 15) is 14.4 Å². The predicted molar refractivity (Wildman–Crippen MR) is 70.0 cm³/mol. The van der Waals surface area contributed by atoms with Crippen LogP contribution < -0.4 is 15.6 Å². The maximum atomic E-state index is 11.9. The van der Waals surface area contributed by atoms with Crippen LogP contribution in [0.15, 0.2) is 18.2 Å². The maximum Gasteiger partial charge on any atom is 0.398 e. The van der Waals surface area contributed by atoms with Crippen LogP contribution in [-0.4, -0.2) is 31.5 Å². The monoisotopic (exact) mass is 291 g/mol. The second-order valence-electron chi connectivity index (χ2n) is 3.66. The Morgan fingerprint density at radius 2 is 2.00 bits per heavy atom. The first-order valence-electron chi connectivity index (χ1n) is 5.89. The topological polar surface area (TPSA) is 118 Å². The molecule has 0 radical (unpaired) electrons. The fourth-order valence-electron chi connectivity index (χ4n) is 1.38. The minimum Gasteiger partial charge on any atom is -0.496 e. The van der Waals surface area contributed by atoms with Gasteiger partial charge in [-0.1, -0.05) is 0 Å². The summed E-state index contributed by atoms with van der Waals surface area (Å²) in [7, 11) is 1.36. The number of nitriles is 1. The van der Waals surface area contributed by atoms with E-state index in [1.807, 2.05) is 16.9 Å². The van der Waals surface area contributed by atoms with E-state index in [1.54, 1.807) is 6.92 Å². The van der Waals surface area contributed by atoms with Crippen molar-refractivity contribution in [3.8, 4) is 11.8 Å². The summed E-state index contributed by atoms with van der Waals surface area (Å²) in [6.45, 7) is 1.58. The highest BCUT2D eigenvalue weighted by Crippen LogP contribution is 2.19. The van der Waals surface area contributed by atoms with Crippen LogP contribution in [0.2, 0.25) is 0 Å².